The van der Waals surface area contributed by atoms with E-state index in [2.05, 4.69) is 48.1 Å². The molecule has 0 radical (unpaired) electrons. The topological polar surface area (TPSA) is 16.1 Å². The molecule has 1 aromatic carbocycles. The molecule has 2 nitrogen and oxygen atoms in total. The van der Waals surface area contributed by atoms with Crippen molar-refractivity contribution in [2.75, 3.05) is 18.5 Å². The van der Waals surface area contributed by atoms with Gasteiger partial charge in [-0.25, -0.2) is 4.98 Å². The molecule has 0 aliphatic heterocycles. The fourth-order valence-electron chi connectivity index (χ4n) is 1.92. The van der Waals surface area contributed by atoms with Crippen LogP contribution in [0.15, 0.2) is 29.6 Å². The van der Waals surface area contributed by atoms with E-state index < -0.39 is 0 Å². The van der Waals surface area contributed by atoms with Crippen molar-refractivity contribution in [3.63, 3.8) is 0 Å². The molecule has 0 aliphatic rings. The van der Waals surface area contributed by atoms with Gasteiger partial charge in [0, 0.05) is 31.1 Å². The van der Waals surface area contributed by atoms with Crippen LogP contribution in [0.1, 0.15) is 22.7 Å². The van der Waals surface area contributed by atoms with Crippen molar-refractivity contribution in [3.05, 3.63) is 45.9 Å². The molecule has 0 spiro atoms. The van der Waals surface area contributed by atoms with Crippen LogP contribution in [-0.4, -0.2) is 18.6 Å². The van der Waals surface area contributed by atoms with Gasteiger partial charge < -0.3 is 4.90 Å². The van der Waals surface area contributed by atoms with E-state index in [1.807, 2.05) is 5.38 Å². The third-order valence-corrected chi connectivity index (χ3v) is 4.33. The molecule has 0 atom stereocenters. The van der Waals surface area contributed by atoms with Crippen LogP contribution in [0.25, 0.3) is 0 Å². The molecule has 102 valence electrons. The summed E-state index contributed by atoms with van der Waals surface area (Å²) in [5, 5.41) is 3.24. The monoisotopic (exact) mass is 294 g/mol. The summed E-state index contributed by atoms with van der Waals surface area (Å²) >= 11 is 7.46. The maximum absolute atomic E-state index is 5.75. The average Bonchev–Trinajstić information content (AvgIpc) is 2.87. The summed E-state index contributed by atoms with van der Waals surface area (Å²) in [5.41, 5.74) is 3.56. The first-order chi connectivity index (χ1) is 9.19. The van der Waals surface area contributed by atoms with Crippen molar-refractivity contribution < 1.29 is 0 Å². The minimum Gasteiger partial charge on any atom is -0.375 e. The fourth-order valence-corrected chi connectivity index (χ4v) is 2.99. The third-order valence-electron chi connectivity index (χ3n) is 3.10. The second-order valence-electron chi connectivity index (χ2n) is 4.73. The molecule has 4 heteroatoms. The molecular weight excluding hydrogens is 276 g/mol. The molecule has 0 saturated carbocycles. The van der Waals surface area contributed by atoms with E-state index >= 15 is 0 Å². The van der Waals surface area contributed by atoms with Crippen LogP contribution in [0.2, 0.25) is 0 Å². The van der Waals surface area contributed by atoms with Gasteiger partial charge in [0.2, 0.25) is 0 Å². The van der Waals surface area contributed by atoms with Crippen LogP contribution >= 0.6 is 22.9 Å². The first kappa shape index (κ1) is 14.4. The van der Waals surface area contributed by atoms with Crippen LogP contribution in [-0.2, 0) is 12.3 Å². The molecule has 0 saturated heterocycles. The number of aromatic nitrogens is 1. The van der Waals surface area contributed by atoms with Crippen LogP contribution in [0.3, 0.4) is 0 Å². The van der Waals surface area contributed by atoms with Gasteiger partial charge in [0.15, 0.2) is 0 Å². The van der Waals surface area contributed by atoms with Crippen LogP contribution in [0.5, 0.6) is 0 Å². The van der Waals surface area contributed by atoms with Gasteiger partial charge in [0.05, 0.1) is 16.6 Å². The molecular formula is C15H19ClN2S. The lowest BCUT2D eigenvalue weighted by Gasteiger charge is -2.19. The molecule has 0 N–H and O–H groups in total. The van der Waals surface area contributed by atoms with E-state index in [0.717, 1.165) is 25.1 Å². The lowest BCUT2D eigenvalue weighted by atomic mass is 10.2. The highest BCUT2D eigenvalue weighted by Gasteiger charge is 2.03. The molecule has 0 bridgehead atoms. The summed E-state index contributed by atoms with van der Waals surface area (Å²) in [4.78, 5) is 6.77. The lowest BCUT2D eigenvalue weighted by Crippen LogP contribution is -2.18. The number of benzene rings is 1. The van der Waals surface area contributed by atoms with Gasteiger partial charge in [-0.05, 0) is 25.5 Å². The second kappa shape index (κ2) is 6.92. The number of halogens is 1. The van der Waals surface area contributed by atoms with Gasteiger partial charge in [-0.15, -0.1) is 22.9 Å². The minimum absolute atomic E-state index is 0.514. The number of aryl methyl sites for hydroxylation is 2. The molecule has 1 aromatic heterocycles. The molecule has 2 rings (SSSR count). The third kappa shape index (κ3) is 4.22. The highest BCUT2D eigenvalue weighted by molar-refractivity contribution is 7.09. The van der Waals surface area contributed by atoms with Crippen molar-refractivity contribution in [3.8, 4) is 0 Å². The quantitative estimate of drug-likeness (QED) is 0.740. The SMILES string of the molecule is Cc1ccc(N(C)CCCc2nc(CCl)cs2)cc1. The smallest absolute Gasteiger partial charge is 0.0929 e. The number of rotatable bonds is 6. The Morgan fingerprint density at radius 2 is 2.00 bits per heavy atom. The second-order valence-corrected chi connectivity index (χ2v) is 5.94. The van der Waals surface area contributed by atoms with Crippen LogP contribution in [0, 0.1) is 6.92 Å². The van der Waals surface area contributed by atoms with Crippen molar-refractivity contribution in [2.45, 2.75) is 25.6 Å². The van der Waals surface area contributed by atoms with E-state index in [4.69, 9.17) is 11.6 Å². The largest absolute Gasteiger partial charge is 0.375 e. The molecule has 0 unspecified atom stereocenters. The first-order valence-electron chi connectivity index (χ1n) is 6.46. The summed E-state index contributed by atoms with van der Waals surface area (Å²) in [6, 6.07) is 8.65. The number of nitrogens with zero attached hydrogens (tertiary/aromatic N) is 2. The number of thiazole rings is 1. The minimum atomic E-state index is 0.514. The molecule has 2 aromatic rings. The Bertz CT molecular complexity index is 507. The van der Waals surface area contributed by atoms with Crippen LogP contribution < -0.4 is 4.90 Å². The number of anilines is 1. The molecule has 0 amide bonds. The Labute approximate surface area is 124 Å². The maximum atomic E-state index is 5.75. The summed E-state index contributed by atoms with van der Waals surface area (Å²) in [7, 11) is 2.14. The predicted octanol–water partition coefficient (Wildman–Crippen LogP) is 4.26. The van der Waals surface area contributed by atoms with Gasteiger partial charge in [0.1, 0.15) is 0 Å². The zero-order chi connectivity index (χ0) is 13.7. The molecule has 19 heavy (non-hydrogen) atoms. The Morgan fingerprint density at radius 1 is 1.26 bits per heavy atom. The number of alkyl halides is 1. The van der Waals surface area contributed by atoms with E-state index in [9.17, 15) is 0 Å². The zero-order valence-corrected chi connectivity index (χ0v) is 13.0. The van der Waals surface area contributed by atoms with Crippen LogP contribution in [0.4, 0.5) is 5.69 Å². The standard InChI is InChI=1S/C15H19ClN2S/c1-12-5-7-14(8-6-12)18(2)9-3-4-15-17-13(10-16)11-19-15/h5-8,11H,3-4,9-10H2,1-2H3. The highest BCUT2D eigenvalue weighted by atomic mass is 35.5. The van der Waals surface area contributed by atoms with Crippen molar-refractivity contribution >= 4 is 28.6 Å². The van der Waals surface area contributed by atoms with Gasteiger partial charge in [0.25, 0.3) is 0 Å². The first-order valence-corrected chi connectivity index (χ1v) is 7.87. The lowest BCUT2D eigenvalue weighted by molar-refractivity contribution is 0.780. The summed E-state index contributed by atoms with van der Waals surface area (Å²) in [6.45, 7) is 3.15. The molecule has 0 aliphatic carbocycles. The van der Waals surface area contributed by atoms with Crippen molar-refractivity contribution in [2.24, 2.45) is 0 Å². The number of hydrogen-bond donors (Lipinski definition) is 0. The maximum Gasteiger partial charge on any atom is 0.0929 e. The zero-order valence-electron chi connectivity index (χ0n) is 11.4. The van der Waals surface area contributed by atoms with Crippen molar-refractivity contribution in [1.29, 1.82) is 0 Å². The van der Waals surface area contributed by atoms with E-state index in [1.54, 1.807) is 11.3 Å². The Hall–Kier alpha value is -1.06. The summed E-state index contributed by atoms with van der Waals surface area (Å²) in [6.07, 6.45) is 2.14. The average molecular weight is 295 g/mol. The highest BCUT2D eigenvalue weighted by Crippen LogP contribution is 2.16. The Morgan fingerprint density at radius 3 is 2.63 bits per heavy atom. The summed E-state index contributed by atoms with van der Waals surface area (Å²) < 4.78 is 0. The van der Waals surface area contributed by atoms with E-state index in [1.165, 1.54) is 16.3 Å². The Kier molecular flexibility index (Phi) is 5.23. The predicted molar refractivity (Wildman–Crippen MR) is 84.4 cm³/mol. The van der Waals surface area contributed by atoms with Gasteiger partial charge in [-0.1, -0.05) is 17.7 Å². The Balaban J connectivity index is 1.80. The van der Waals surface area contributed by atoms with E-state index in [-0.39, 0.29) is 0 Å². The number of hydrogen-bond acceptors (Lipinski definition) is 3. The molecule has 0 fully saturated rings. The summed E-state index contributed by atoms with van der Waals surface area (Å²) in [5.74, 6) is 0.514. The normalized spacial score (nSPS) is 10.7. The van der Waals surface area contributed by atoms with Gasteiger partial charge in [-0.2, -0.15) is 0 Å². The fraction of sp³-hybridized carbons (Fsp3) is 0.400. The van der Waals surface area contributed by atoms with Gasteiger partial charge >= 0.3 is 0 Å². The van der Waals surface area contributed by atoms with Crippen molar-refractivity contribution in [1.82, 2.24) is 4.98 Å². The van der Waals surface area contributed by atoms with E-state index in [0.29, 0.717) is 5.88 Å². The van der Waals surface area contributed by atoms with Gasteiger partial charge in [-0.3, -0.25) is 0 Å². The molecule has 1 heterocycles.